The van der Waals surface area contributed by atoms with Crippen molar-refractivity contribution in [3.8, 4) is 5.75 Å². The monoisotopic (exact) mass is 422 g/mol. The summed E-state index contributed by atoms with van der Waals surface area (Å²) in [5.74, 6) is 0.960. The van der Waals surface area contributed by atoms with Crippen LogP contribution in [0.25, 0.3) is 0 Å². The molecule has 0 aromatic heterocycles. The maximum absolute atomic E-state index is 12.8. The molecule has 0 unspecified atom stereocenters. The molecule has 0 saturated carbocycles. The molecule has 156 valence electrons. The van der Waals surface area contributed by atoms with Crippen LogP contribution in [-0.4, -0.2) is 30.9 Å². The van der Waals surface area contributed by atoms with Gasteiger partial charge in [0.1, 0.15) is 12.4 Å². The van der Waals surface area contributed by atoms with E-state index in [2.05, 4.69) is 22.3 Å². The van der Waals surface area contributed by atoms with E-state index in [1.54, 1.807) is 13.1 Å². The van der Waals surface area contributed by atoms with E-state index >= 15 is 0 Å². The quantitative estimate of drug-likeness (QED) is 0.706. The number of hydrogen-bond donors (Lipinski definition) is 1. The van der Waals surface area contributed by atoms with E-state index in [1.807, 2.05) is 13.8 Å². The summed E-state index contributed by atoms with van der Waals surface area (Å²) < 4.78 is 31.6. The Bertz CT molecular complexity index is 875. The summed E-state index contributed by atoms with van der Waals surface area (Å²) in [6.07, 6.45) is -2.59. The molecule has 1 saturated heterocycles. The van der Waals surface area contributed by atoms with Crippen LogP contribution in [0.5, 0.6) is 5.75 Å². The van der Waals surface area contributed by atoms with Gasteiger partial charge in [0.2, 0.25) is 5.91 Å². The van der Waals surface area contributed by atoms with Gasteiger partial charge in [-0.15, -0.1) is 0 Å². The Hall–Kier alpha value is -2.18. The largest absolute Gasteiger partial charge is 0.488 e. The van der Waals surface area contributed by atoms with Crippen molar-refractivity contribution in [3.05, 3.63) is 63.2 Å². The number of likely N-dealkylation sites (tertiary alicyclic amines) is 1. The summed E-state index contributed by atoms with van der Waals surface area (Å²) in [6.45, 7) is 6.56. The van der Waals surface area contributed by atoms with E-state index in [9.17, 15) is 13.6 Å². The lowest BCUT2D eigenvalue weighted by Crippen LogP contribution is -2.52. The number of halogens is 3. The number of rotatable bonds is 7. The molecule has 0 radical (unpaired) electrons. The van der Waals surface area contributed by atoms with E-state index in [-0.39, 0.29) is 29.0 Å². The van der Waals surface area contributed by atoms with Gasteiger partial charge in [0.15, 0.2) is 0 Å². The van der Waals surface area contributed by atoms with Crippen molar-refractivity contribution in [2.75, 3.05) is 20.1 Å². The minimum absolute atomic E-state index is 0.0505. The van der Waals surface area contributed by atoms with Crippen molar-refractivity contribution in [1.29, 1.82) is 0 Å². The molecule has 1 aliphatic heterocycles. The minimum atomic E-state index is -2.59. The molecule has 1 heterocycles. The summed E-state index contributed by atoms with van der Waals surface area (Å²) >= 11 is 5.93. The Labute approximate surface area is 174 Å². The van der Waals surface area contributed by atoms with Crippen molar-refractivity contribution in [2.24, 2.45) is 5.92 Å². The van der Waals surface area contributed by atoms with Crippen LogP contribution >= 0.6 is 11.6 Å². The van der Waals surface area contributed by atoms with Gasteiger partial charge in [0.05, 0.1) is 5.92 Å². The fourth-order valence-electron chi connectivity index (χ4n) is 3.68. The van der Waals surface area contributed by atoms with Gasteiger partial charge in [-0.25, -0.2) is 8.78 Å². The van der Waals surface area contributed by atoms with Crippen LogP contribution in [0, 0.1) is 19.8 Å². The van der Waals surface area contributed by atoms with Gasteiger partial charge in [0, 0.05) is 37.3 Å². The Kier molecular flexibility index (Phi) is 6.75. The number of aryl methyl sites for hydroxylation is 2. The summed E-state index contributed by atoms with van der Waals surface area (Å²) in [7, 11) is 1.66. The maximum Gasteiger partial charge on any atom is 0.265 e. The van der Waals surface area contributed by atoms with Crippen molar-refractivity contribution in [3.63, 3.8) is 0 Å². The van der Waals surface area contributed by atoms with Crippen molar-refractivity contribution in [1.82, 2.24) is 10.2 Å². The zero-order valence-electron chi connectivity index (χ0n) is 16.8. The predicted octanol–water partition coefficient (Wildman–Crippen LogP) is 4.65. The second kappa shape index (κ2) is 9.09. The molecular formula is C22H25ClF2N2O2. The molecule has 3 rings (SSSR count). The molecule has 0 aliphatic carbocycles. The number of nitrogens with zero attached hydrogens (tertiary/aromatic N) is 1. The number of alkyl halides is 2. The highest BCUT2D eigenvalue weighted by Crippen LogP contribution is 2.30. The van der Waals surface area contributed by atoms with E-state index in [0.717, 1.165) is 42.1 Å². The van der Waals surface area contributed by atoms with Gasteiger partial charge in [-0.3, -0.25) is 9.69 Å². The summed E-state index contributed by atoms with van der Waals surface area (Å²) in [5.41, 5.74) is 3.77. The normalized spacial score (nSPS) is 14.7. The molecule has 0 atom stereocenters. The van der Waals surface area contributed by atoms with Crippen molar-refractivity contribution < 1.29 is 18.3 Å². The SMILES string of the molecule is CNC(=O)C1CN(Cc2cc(C)c(OCc3ccc(C(F)F)c(Cl)c3)c(C)c2)C1. The van der Waals surface area contributed by atoms with Crippen LogP contribution in [0.3, 0.4) is 0 Å². The molecule has 0 bridgehead atoms. The molecule has 1 aliphatic rings. The maximum atomic E-state index is 12.8. The molecule has 1 fully saturated rings. The highest BCUT2D eigenvalue weighted by molar-refractivity contribution is 6.31. The topological polar surface area (TPSA) is 41.6 Å². The number of nitrogens with one attached hydrogen (secondary N) is 1. The minimum Gasteiger partial charge on any atom is -0.488 e. The average Bonchev–Trinajstić information content (AvgIpc) is 2.62. The molecule has 2 aromatic rings. The fourth-order valence-corrected chi connectivity index (χ4v) is 3.96. The van der Waals surface area contributed by atoms with E-state index in [1.165, 1.54) is 17.7 Å². The number of benzene rings is 2. The summed E-state index contributed by atoms with van der Waals surface area (Å²) in [6, 6.07) is 8.65. The van der Waals surface area contributed by atoms with Gasteiger partial charge < -0.3 is 10.1 Å². The lowest BCUT2D eigenvalue weighted by Gasteiger charge is -2.38. The standard InChI is InChI=1S/C22H25ClF2N2O2/c1-13-6-16(9-27-10-17(11-27)22(28)26-3)7-14(2)20(13)29-12-15-4-5-18(21(24)25)19(23)8-15/h4-8,17,21H,9-12H2,1-3H3,(H,26,28). The number of carbonyl (C=O) groups is 1. The third-order valence-electron chi connectivity index (χ3n) is 5.18. The lowest BCUT2D eigenvalue weighted by atomic mass is 9.97. The zero-order chi connectivity index (χ0) is 21.1. The molecule has 4 nitrogen and oxygen atoms in total. The van der Waals surface area contributed by atoms with Gasteiger partial charge in [-0.1, -0.05) is 35.9 Å². The summed E-state index contributed by atoms with van der Waals surface area (Å²) in [5, 5.41) is 2.74. The van der Waals surface area contributed by atoms with E-state index in [0.29, 0.717) is 0 Å². The lowest BCUT2D eigenvalue weighted by molar-refractivity contribution is -0.129. The second-order valence-electron chi connectivity index (χ2n) is 7.51. The third-order valence-corrected chi connectivity index (χ3v) is 5.51. The first-order valence-corrected chi connectivity index (χ1v) is 9.89. The zero-order valence-corrected chi connectivity index (χ0v) is 17.5. The van der Waals surface area contributed by atoms with Gasteiger partial charge in [0.25, 0.3) is 6.43 Å². The Morgan fingerprint density at radius 1 is 1.21 bits per heavy atom. The highest BCUT2D eigenvalue weighted by Gasteiger charge is 2.31. The van der Waals surface area contributed by atoms with E-state index < -0.39 is 6.43 Å². The Balaban J connectivity index is 1.61. The number of carbonyl (C=O) groups excluding carboxylic acids is 1. The van der Waals surface area contributed by atoms with Gasteiger partial charge in [-0.05, 0) is 42.2 Å². The fraction of sp³-hybridized carbons (Fsp3) is 0.409. The van der Waals surface area contributed by atoms with Crippen LogP contribution in [0.1, 0.15) is 34.2 Å². The van der Waals surface area contributed by atoms with Crippen LogP contribution < -0.4 is 10.1 Å². The smallest absolute Gasteiger partial charge is 0.265 e. The molecule has 0 spiro atoms. The Morgan fingerprint density at radius 3 is 2.41 bits per heavy atom. The van der Waals surface area contributed by atoms with Crippen LogP contribution in [-0.2, 0) is 17.9 Å². The first-order chi connectivity index (χ1) is 13.8. The number of hydrogen-bond acceptors (Lipinski definition) is 3. The predicted molar refractivity (Wildman–Crippen MR) is 109 cm³/mol. The number of amides is 1. The molecule has 1 amide bonds. The van der Waals surface area contributed by atoms with E-state index in [4.69, 9.17) is 16.3 Å². The molecule has 1 N–H and O–H groups in total. The van der Waals surface area contributed by atoms with Crippen molar-refractivity contribution >= 4 is 17.5 Å². The number of ether oxygens (including phenoxy) is 1. The molecular weight excluding hydrogens is 398 g/mol. The molecule has 7 heteroatoms. The first kappa shape index (κ1) is 21.5. The first-order valence-electron chi connectivity index (χ1n) is 9.51. The van der Waals surface area contributed by atoms with Gasteiger partial charge >= 0.3 is 0 Å². The Morgan fingerprint density at radius 2 is 1.86 bits per heavy atom. The molecule has 2 aromatic carbocycles. The molecule has 29 heavy (non-hydrogen) atoms. The van der Waals surface area contributed by atoms with Crippen LogP contribution in [0.4, 0.5) is 8.78 Å². The highest BCUT2D eigenvalue weighted by atomic mass is 35.5. The average molecular weight is 423 g/mol. The van der Waals surface area contributed by atoms with Crippen LogP contribution in [0.2, 0.25) is 5.02 Å². The van der Waals surface area contributed by atoms with Crippen molar-refractivity contribution in [2.45, 2.75) is 33.4 Å². The second-order valence-corrected chi connectivity index (χ2v) is 7.92. The summed E-state index contributed by atoms with van der Waals surface area (Å²) in [4.78, 5) is 13.8. The van der Waals surface area contributed by atoms with Crippen LogP contribution in [0.15, 0.2) is 30.3 Å². The van der Waals surface area contributed by atoms with Gasteiger partial charge in [-0.2, -0.15) is 0 Å². The third kappa shape index (κ3) is 5.06.